The van der Waals surface area contributed by atoms with Crippen molar-refractivity contribution in [2.24, 2.45) is 5.92 Å². The number of hydrogen-bond acceptors (Lipinski definition) is 4. The van der Waals surface area contributed by atoms with Crippen molar-refractivity contribution in [2.45, 2.75) is 13.8 Å². The second-order valence-electron chi connectivity index (χ2n) is 3.70. The van der Waals surface area contributed by atoms with Gasteiger partial charge in [-0.3, -0.25) is 4.79 Å². The summed E-state index contributed by atoms with van der Waals surface area (Å²) in [4.78, 5) is 20.1. The van der Waals surface area contributed by atoms with E-state index in [9.17, 15) is 4.79 Å². The van der Waals surface area contributed by atoms with Crippen molar-refractivity contribution in [3.05, 3.63) is 36.5 Å². The molecule has 0 atom stereocenters. The van der Waals surface area contributed by atoms with E-state index in [1.54, 1.807) is 29.3 Å². The molecule has 0 N–H and O–H groups in total. The lowest BCUT2D eigenvalue weighted by molar-refractivity contribution is 0.0933. The molecule has 82 valence electrons. The van der Waals surface area contributed by atoms with E-state index in [0.717, 1.165) is 0 Å². The summed E-state index contributed by atoms with van der Waals surface area (Å²) in [5.41, 5.74) is 0.362. The first-order chi connectivity index (χ1) is 7.70. The van der Waals surface area contributed by atoms with Crippen LogP contribution in [0.2, 0.25) is 0 Å². The molecule has 0 spiro atoms. The second kappa shape index (κ2) is 4.22. The largest absolute Gasteiger partial charge is 0.292 e. The summed E-state index contributed by atoms with van der Waals surface area (Å²) in [5.74, 6) is 0.343. The Bertz CT molecular complexity index is 490. The number of aromatic nitrogens is 4. The zero-order valence-corrected chi connectivity index (χ0v) is 9.16. The van der Waals surface area contributed by atoms with Crippen LogP contribution in [0.15, 0.2) is 30.9 Å². The number of hydrogen-bond donors (Lipinski definition) is 0. The Morgan fingerprint density at radius 2 is 2.00 bits per heavy atom. The minimum atomic E-state index is -0.106. The van der Waals surface area contributed by atoms with E-state index in [1.165, 1.54) is 6.20 Å². The van der Waals surface area contributed by atoms with Gasteiger partial charge in [-0.15, -0.1) is 0 Å². The molecule has 0 aliphatic rings. The Labute approximate surface area is 93.2 Å². The molecular weight excluding hydrogens is 204 g/mol. The third-order valence-corrected chi connectivity index (χ3v) is 2.16. The predicted molar refractivity (Wildman–Crippen MR) is 58.3 cm³/mol. The summed E-state index contributed by atoms with van der Waals surface area (Å²) in [5, 5.41) is 4.05. The maximum Gasteiger partial charge on any atom is 0.187 e. The van der Waals surface area contributed by atoms with Gasteiger partial charge in [-0.2, -0.15) is 5.10 Å². The van der Waals surface area contributed by atoms with Crippen LogP contribution < -0.4 is 0 Å². The van der Waals surface area contributed by atoms with Crippen LogP contribution in [-0.2, 0) is 0 Å². The van der Waals surface area contributed by atoms with Gasteiger partial charge >= 0.3 is 0 Å². The van der Waals surface area contributed by atoms with Gasteiger partial charge < -0.3 is 0 Å². The number of nitrogens with zero attached hydrogens (tertiary/aromatic N) is 4. The van der Waals surface area contributed by atoms with Gasteiger partial charge in [0.15, 0.2) is 17.3 Å². The Hall–Kier alpha value is -2.04. The van der Waals surface area contributed by atoms with Crippen molar-refractivity contribution >= 4 is 5.78 Å². The van der Waals surface area contributed by atoms with Gasteiger partial charge in [-0.05, 0) is 6.07 Å². The summed E-state index contributed by atoms with van der Waals surface area (Å²) in [6.07, 6.45) is 6.44. The normalized spacial score (nSPS) is 10.7. The predicted octanol–water partition coefficient (Wildman–Crippen LogP) is 1.50. The smallest absolute Gasteiger partial charge is 0.187 e. The Kier molecular flexibility index (Phi) is 2.76. The highest BCUT2D eigenvalue weighted by atomic mass is 16.1. The lowest BCUT2D eigenvalue weighted by Gasteiger charge is -2.07. The molecule has 2 heterocycles. The number of carbonyl (C=O) groups excluding carboxylic acids is 1. The molecule has 0 bridgehead atoms. The van der Waals surface area contributed by atoms with Crippen LogP contribution in [0.3, 0.4) is 0 Å². The van der Waals surface area contributed by atoms with Crippen molar-refractivity contribution < 1.29 is 4.79 Å². The van der Waals surface area contributed by atoms with Crippen LogP contribution in [0.4, 0.5) is 0 Å². The highest BCUT2D eigenvalue weighted by molar-refractivity contribution is 5.98. The monoisotopic (exact) mass is 216 g/mol. The van der Waals surface area contributed by atoms with Gasteiger partial charge in [0, 0.05) is 30.7 Å². The summed E-state index contributed by atoms with van der Waals surface area (Å²) < 4.78 is 1.54. The molecule has 5 nitrogen and oxygen atoms in total. The fourth-order valence-corrected chi connectivity index (χ4v) is 1.34. The molecule has 0 amide bonds. The molecular formula is C11H12N4O. The molecule has 5 heteroatoms. The molecule has 0 aliphatic carbocycles. The average molecular weight is 216 g/mol. The number of rotatable bonds is 3. The van der Waals surface area contributed by atoms with Crippen molar-refractivity contribution in [1.82, 2.24) is 19.7 Å². The fourth-order valence-electron chi connectivity index (χ4n) is 1.34. The Morgan fingerprint density at radius 3 is 2.62 bits per heavy atom. The third-order valence-electron chi connectivity index (χ3n) is 2.16. The van der Waals surface area contributed by atoms with Crippen LogP contribution in [0.5, 0.6) is 0 Å². The zero-order chi connectivity index (χ0) is 11.5. The van der Waals surface area contributed by atoms with Crippen LogP contribution in [-0.4, -0.2) is 25.5 Å². The van der Waals surface area contributed by atoms with E-state index in [-0.39, 0.29) is 11.7 Å². The third kappa shape index (κ3) is 1.84. The first-order valence-corrected chi connectivity index (χ1v) is 5.05. The first-order valence-electron chi connectivity index (χ1n) is 5.05. The standard InChI is InChI=1S/C11H12N4O/c1-8(2)10(16)9-11(13-6-5-12-9)15-7-3-4-14-15/h3-8H,1-2H3. The highest BCUT2D eigenvalue weighted by Gasteiger charge is 2.18. The SMILES string of the molecule is CC(C)C(=O)c1nccnc1-n1cccn1. The second-order valence-corrected chi connectivity index (χ2v) is 3.70. The lowest BCUT2D eigenvalue weighted by atomic mass is 10.1. The summed E-state index contributed by atoms with van der Waals surface area (Å²) in [6.45, 7) is 3.67. The number of Topliss-reactive ketones (excluding diaryl/α,β-unsaturated/α-hetero) is 1. The Balaban J connectivity index is 2.51. The maximum absolute atomic E-state index is 11.9. The van der Waals surface area contributed by atoms with Gasteiger partial charge in [-0.1, -0.05) is 13.8 Å². The molecule has 0 aliphatic heterocycles. The van der Waals surface area contributed by atoms with Crippen molar-refractivity contribution in [1.29, 1.82) is 0 Å². The number of ketones is 1. The molecule has 2 aromatic rings. The summed E-state index contributed by atoms with van der Waals surface area (Å²) in [6, 6.07) is 1.78. The van der Waals surface area contributed by atoms with E-state index in [4.69, 9.17) is 0 Å². The van der Waals surface area contributed by atoms with Crippen molar-refractivity contribution in [2.75, 3.05) is 0 Å². The first kappa shape index (κ1) is 10.5. The lowest BCUT2D eigenvalue weighted by Crippen LogP contribution is -2.15. The molecule has 0 aromatic carbocycles. The zero-order valence-electron chi connectivity index (χ0n) is 9.16. The maximum atomic E-state index is 11.9. The molecule has 0 fully saturated rings. The molecule has 0 radical (unpaired) electrons. The van der Waals surface area contributed by atoms with Crippen molar-refractivity contribution in [3.63, 3.8) is 0 Å². The van der Waals surface area contributed by atoms with Gasteiger partial charge in [0.25, 0.3) is 0 Å². The topological polar surface area (TPSA) is 60.7 Å². The van der Waals surface area contributed by atoms with Gasteiger partial charge in [0.2, 0.25) is 0 Å². The Morgan fingerprint density at radius 1 is 1.25 bits per heavy atom. The van der Waals surface area contributed by atoms with E-state index >= 15 is 0 Å². The molecule has 2 aromatic heterocycles. The minimum absolute atomic E-state index is 0.0291. The van der Waals surface area contributed by atoms with Crippen LogP contribution in [0.25, 0.3) is 5.82 Å². The van der Waals surface area contributed by atoms with E-state index in [1.807, 2.05) is 13.8 Å². The van der Waals surface area contributed by atoms with E-state index < -0.39 is 0 Å². The number of carbonyl (C=O) groups is 1. The van der Waals surface area contributed by atoms with Crippen LogP contribution >= 0.6 is 0 Å². The molecule has 0 saturated heterocycles. The van der Waals surface area contributed by atoms with E-state index in [2.05, 4.69) is 15.1 Å². The minimum Gasteiger partial charge on any atom is -0.292 e. The molecule has 0 saturated carbocycles. The summed E-state index contributed by atoms with van der Waals surface area (Å²) in [7, 11) is 0. The van der Waals surface area contributed by atoms with E-state index in [0.29, 0.717) is 11.5 Å². The molecule has 0 unspecified atom stereocenters. The summed E-state index contributed by atoms with van der Waals surface area (Å²) >= 11 is 0. The van der Waals surface area contributed by atoms with Crippen LogP contribution in [0.1, 0.15) is 24.3 Å². The molecule has 2 rings (SSSR count). The van der Waals surface area contributed by atoms with Crippen molar-refractivity contribution in [3.8, 4) is 5.82 Å². The van der Waals surface area contributed by atoms with Gasteiger partial charge in [0.1, 0.15) is 0 Å². The van der Waals surface area contributed by atoms with Crippen LogP contribution in [0, 0.1) is 5.92 Å². The average Bonchev–Trinajstić information content (AvgIpc) is 2.81. The van der Waals surface area contributed by atoms with Gasteiger partial charge in [-0.25, -0.2) is 14.6 Å². The molecule has 16 heavy (non-hydrogen) atoms. The van der Waals surface area contributed by atoms with Gasteiger partial charge in [0.05, 0.1) is 0 Å². The highest BCUT2D eigenvalue weighted by Crippen LogP contribution is 2.12. The fraction of sp³-hybridized carbons (Fsp3) is 0.273. The quantitative estimate of drug-likeness (QED) is 0.729.